The van der Waals surface area contributed by atoms with Crippen LogP contribution < -0.4 is 4.90 Å². The summed E-state index contributed by atoms with van der Waals surface area (Å²) in [6.45, 7) is 7.24. The van der Waals surface area contributed by atoms with Gasteiger partial charge in [-0.25, -0.2) is 0 Å². The second-order valence-corrected chi connectivity index (χ2v) is 6.17. The van der Waals surface area contributed by atoms with Crippen LogP contribution in [0.4, 0.5) is 5.69 Å². The summed E-state index contributed by atoms with van der Waals surface area (Å²) in [7, 11) is 2.18. The Balaban J connectivity index is 2.28. The van der Waals surface area contributed by atoms with Gasteiger partial charge in [0.25, 0.3) is 0 Å². The first-order chi connectivity index (χ1) is 9.52. The quantitative estimate of drug-likeness (QED) is 0.927. The van der Waals surface area contributed by atoms with E-state index in [-0.39, 0.29) is 0 Å². The highest BCUT2D eigenvalue weighted by Gasteiger charge is 2.23. The molecule has 4 heteroatoms. The van der Waals surface area contributed by atoms with E-state index >= 15 is 0 Å². The van der Waals surface area contributed by atoms with E-state index in [1.807, 2.05) is 12.1 Å². The third-order valence-electron chi connectivity index (χ3n) is 4.14. The van der Waals surface area contributed by atoms with Gasteiger partial charge in [0.1, 0.15) is 0 Å². The Labute approximate surface area is 127 Å². The van der Waals surface area contributed by atoms with Gasteiger partial charge in [0.2, 0.25) is 0 Å². The third-order valence-corrected chi connectivity index (χ3v) is 4.44. The monoisotopic (exact) mass is 296 g/mol. The van der Waals surface area contributed by atoms with Gasteiger partial charge in [-0.2, -0.15) is 0 Å². The number of likely N-dealkylation sites (N-methyl/N-ethyl adjacent to an activating group) is 1. The average molecular weight is 297 g/mol. The average Bonchev–Trinajstić information content (AvgIpc) is 2.60. The molecule has 2 rings (SSSR count). The SMILES string of the molecule is CCC1CN(C)CCCN1c1ccc([C@H](C)O)cc1Cl. The van der Waals surface area contributed by atoms with Crippen LogP contribution in [0.5, 0.6) is 0 Å². The van der Waals surface area contributed by atoms with E-state index in [0.29, 0.717) is 6.04 Å². The third kappa shape index (κ3) is 3.46. The van der Waals surface area contributed by atoms with E-state index in [2.05, 4.69) is 29.8 Å². The van der Waals surface area contributed by atoms with Crippen molar-refractivity contribution in [2.75, 3.05) is 31.6 Å². The molecule has 1 aliphatic heterocycles. The highest BCUT2D eigenvalue weighted by molar-refractivity contribution is 6.33. The standard InChI is InChI=1S/C16H25ClN2O/c1-4-14-11-18(3)8-5-9-19(14)16-7-6-13(12(2)20)10-15(16)17/h6-7,10,12,14,20H,4-5,8-9,11H2,1-3H3/t12-,14?/m0/s1. The van der Waals surface area contributed by atoms with Crippen molar-refractivity contribution < 1.29 is 5.11 Å². The number of anilines is 1. The van der Waals surface area contributed by atoms with Gasteiger partial charge >= 0.3 is 0 Å². The molecule has 1 N–H and O–H groups in total. The van der Waals surface area contributed by atoms with Gasteiger partial charge in [-0.05, 0) is 51.1 Å². The summed E-state index contributed by atoms with van der Waals surface area (Å²) < 4.78 is 0. The molecule has 20 heavy (non-hydrogen) atoms. The summed E-state index contributed by atoms with van der Waals surface area (Å²) in [5.74, 6) is 0. The van der Waals surface area contributed by atoms with Crippen LogP contribution in [0.25, 0.3) is 0 Å². The van der Waals surface area contributed by atoms with Crippen LogP contribution in [0.1, 0.15) is 38.4 Å². The molecule has 0 aliphatic carbocycles. The summed E-state index contributed by atoms with van der Waals surface area (Å²) in [6.07, 6.45) is 1.79. The highest BCUT2D eigenvalue weighted by atomic mass is 35.5. The van der Waals surface area contributed by atoms with E-state index in [9.17, 15) is 5.11 Å². The molecule has 112 valence electrons. The van der Waals surface area contributed by atoms with Crippen LogP contribution >= 0.6 is 11.6 Å². The zero-order valence-corrected chi connectivity index (χ0v) is 13.4. The van der Waals surface area contributed by atoms with Crippen molar-refractivity contribution in [1.82, 2.24) is 4.90 Å². The molecule has 0 bridgehead atoms. The van der Waals surface area contributed by atoms with Crippen molar-refractivity contribution in [3.8, 4) is 0 Å². The van der Waals surface area contributed by atoms with Crippen LogP contribution in [0.15, 0.2) is 18.2 Å². The number of aliphatic hydroxyl groups excluding tert-OH is 1. The molecule has 1 aliphatic rings. The topological polar surface area (TPSA) is 26.7 Å². The smallest absolute Gasteiger partial charge is 0.0762 e. The molecular weight excluding hydrogens is 272 g/mol. The minimum absolute atomic E-state index is 0.473. The van der Waals surface area contributed by atoms with Gasteiger partial charge in [-0.1, -0.05) is 24.6 Å². The molecule has 1 fully saturated rings. The lowest BCUT2D eigenvalue weighted by atomic mass is 10.1. The molecule has 1 aromatic carbocycles. The number of nitrogens with zero attached hydrogens (tertiary/aromatic N) is 2. The van der Waals surface area contributed by atoms with E-state index in [1.165, 1.54) is 0 Å². The summed E-state index contributed by atoms with van der Waals surface area (Å²) >= 11 is 6.45. The van der Waals surface area contributed by atoms with Crippen LogP contribution in [0.2, 0.25) is 5.02 Å². The van der Waals surface area contributed by atoms with E-state index in [4.69, 9.17) is 11.6 Å². The second kappa shape index (κ2) is 6.79. The lowest BCUT2D eigenvalue weighted by molar-refractivity contribution is 0.199. The molecule has 1 saturated heterocycles. The number of rotatable bonds is 3. The number of hydrogen-bond acceptors (Lipinski definition) is 3. The Bertz CT molecular complexity index is 450. The first kappa shape index (κ1) is 15.6. The molecule has 0 radical (unpaired) electrons. The molecule has 1 unspecified atom stereocenters. The highest BCUT2D eigenvalue weighted by Crippen LogP contribution is 2.32. The van der Waals surface area contributed by atoms with Gasteiger partial charge in [0.15, 0.2) is 0 Å². The number of benzene rings is 1. The van der Waals surface area contributed by atoms with Gasteiger partial charge in [0, 0.05) is 19.1 Å². The number of halogens is 1. The molecule has 1 heterocycles. The normalized spacial score (nSPS) is 22.6. The second-order valence-electron chi connectivity index (χ2n) is 5.76. The molecule has 0 amide bonds. The maximum absolute atomic E-state index is 9.65. The predicted octanol–water partition coefficient (Wildman–Crippen LogP) is 3.31. The van der Waals surface area contributed by atoms with Crippen molar-refractivity contribution in [3.05, 3.63) is 28.8 Å². The van der Waals surface area contributed by atoms with Gasteiger partial charge < -0.3 is 14.9 Å². The fourth-order valence-corrected chi connectivity index (χ4v) is 3.22. The van der Waals surface area contributed by atoms with Crippen molar-refractivity contribution in [2.24, 2.45) is 0 Å². The Morgan fingerprint density at radius 2 is 2.15 bits per heavy atom. The minimum Gasteiger partial charge on any atom is -0.389 e. The first-order valence-corrected chi connectivity index (χ1v) is 7.83. The Kier molecular flexibility index (Phi) is 5.30. The van der Waals surface area contributed by atoms with E-state index in [1.54, 1.807) is 6.92 Å². The fourth-order valence-electron chi connectivity index (χ4n) is 2.93. The minimum atomic E-state index is -0.473. The Hall–Kier alpha value is -0.770. The van der Waals surface area contributed by atoms with Gasteiger partial charge in [-0.15, -0.1) is 0 Å². The molecule has 3 nitrogen and oxygen atoms in total. The zero-order valence-electron chi connectivity index (χ0n) is 12.6. The fraction of sp³-hybridized carbons (Fsp3) is 0.625. The summed E-state index contributed by atoms with van der Waals surface area (Å²) in [5, 5.41) is 10.4. The van der Waals surface area contributed by atoms with Crippen LogP contribution in [0.3, 0.4) is 0 Å². The Morgan fingerprint density at radius 1 is 1.40 bits per heavy atom. The number of hydrogen-bond donors (Lipinski definition) is 1. The van der Waals surface area contributed by atoms with Crippen molar-refractivity contribution in [1.29, 1.82) is 0 Å². The van der Waals surface area contributed by atoms with E-state index < -0.39 is 6.10 Å². The summed E-state index contributed by atoms with van der Waals surface area (Å²) in [5.41, 5.74) is 1.97. The Morgan fingerprint density at radius 3 is 2.75 bits per heavy atom. The van der Waals surface area contributed by atoms with Crippen molar-refractivity contribution >= 4 is 17.3 Å². The van der Waals surface area contributed by atoms with Crippen LogP contribution in [-0.4, -0.2) is 42.7 Å². The van der Waals surface area contributed by atoms with Crippen molar-refractivity contribution in [3.63, 3.8) is 0 Å². The molecular formula is C16H25ClN2O. The zero-order chi connectivity index (χ0) is 14.7. The molecule has 1 aromatic rings. The predicted molar refractivity (Wildman–Crippen MR) is 85.6 cm³/mol. The lowest BCUT2D eigenvalue weighted by Crippen LogP contribution is -2.40. The molecule has 0 spiro atoms. The van der Waals surface area contributed by atoms with Gasteiger partial charge in [-0.3, -0.25) is 0 Å². The largest absolute Gasteiger partial charge is 0.389 e. The van der Waals surface area contributed by atoms with Crippen LogP contribution in [0, 0.1) is 0 Å². The molecule has 2 atom stereocenters. The maximum Gasteiger partial charge on any atom is 0.0762 e. The molecule has 0 aromatic heterocycles. The summed E-state index contributed by atoms with van der Waals surface area (Å²) in [4.78, 5) is 4.82. The van der Waals surface area contributed by atoms with E-state index in [0.717, 1.165) is 48.7 Å². The number of aliphatic hydroxyl groups is 1. The summed E-state index contributed by atoms with van der Waals surface area (Å²) in [6, 6.07) is 6.42. The van der Waals surface area contributed by atoms with Gasteiger partial charge in [0.05, 0.1) is 16.8 Å². The molecule has 0 saturated carbocycles. The maximum atomic E-state index is 9.65. The van der Waals surface area contributed by atoms with Crippen molar-refractivity contribution in [2.45, 2.75) is 38.8 Å². The van der Waals surface area contributed by atoms with Crippen LogP contribution in [-0.2, 0) is 0 Å². The lowest BCUT2D eigenvalue weighted by Gasteiger charge is -2.33. The first-order valence-electron chi connectivity index (χ1n) is 7.45.